The predicted octanol–water partition coefficient (Wildman–Crippen LogP) is 1.80. The zero-order valence-electron chi connectivity index (χ0n) is 11.1. The summed E-state index contributed by atoms with van der Waals surface area (Å²) >= 11 is 0. The van der Waals surface area contributed by atoms with Crippen LogP contribution in [-0.2, 0) is 0 Å². The van der Waals surface area contributed by atoms with Gasteiger partial charge in [0.25, 0.3) is 0 Å². The molecule has 0 spiro atoms. The van der Waals surface area contributed by atoms with Crippen LogP contribution < -0.4 is 11.1 Å². The number of rotatable bonds is 4. The van der Waals surface area contributed by atoms with E-state index in [9.17, 15) is 13.2 Å². The Hall–Kier alpha value is -0.250. The van der Waals surface area contributed by atoms with Gasteiger partial charge in [0.1, 0.15) is 0 Å². The smallest absolute Gasteiger partial charge is 0.370 e. The fourth-order valence-electron chi connectivity index (χ4n) is 1.15. The van der Waals surface area contributed by atoms with Crippen molar-refractivity contribution < 1.29 is 13.2 Å². The van der Waals surface area contributed by atoms with E-state index >= 15 is 0 Å². The van der Waals surface area contributed by atoms with E-state index in [1.807, 2.05) is 20.8 Å². The number of guanidine groups is 1. The number of aliphatic imine (C=N–C) groups is 1. The van der Waals surface area contributed by atoms with Gasteiger partial charge in [-0.2, -0.15) is 13.2 Å². The maximum absolute atomic E-state index is 12.0. The van der Waals surface area contributed by atoms with Gasteiger partial charge in [-0.25, -0.2) is 0 Å². The van der Waals surface area contributed by atoms with Gasteiger partial charge in [0, 0.05) is 12.1 Å². The molecule has 0 saturated carbocycles. The lowest BCUT2D eigenvalue weighted by molar-refractivity contribution is -0.142. The van der Waals surface area contributed by atoms with Crippen LogP contribution in [0.1, 0.15) is 20.8 Å². The Kier molecular flexibility index (Phi) is 8.95. The molecule has 0 bridgehead atoms. The minimum Gasteiger partial charge on any atom is -0.370 e. The van der Waals surface area contributed by atoms with Crippen molar-refractivity contribution in [2.24, 2.45) is 10.7 Å². The molecule has 0 fully saturated rings. The normalized spacial score (nSPS) is 13.4. The highest BCUT2D eigenvalue weighted by atomic mass is 127. The summed E-state index contributed by atoms with van der Waals surface area (Å²) < 4.78 is 36.0. The summed E-state index contributed by atoms with van der Waals surface area (Å²) in [6, 6.07) is 0. The number of nitrogens with zero attached hydrogens (tertiary/aromatic N) is 2. The Bertz CT molecular complexity index is 261. The lowest BCUT2D eigenvalue weighted by Crippen LogP contribution is -2.45. The van der Waals surface area contributed by atoms with Crippen molar-refractivity contribution in [3.05, 3.63) is 0 Å². The van der Waals surface area contributed by atoms with E-state index < -0.39 is 12.7 Å². The van der Waals surface area contributed by atoms with Crippen molar-refractivity contribution in [2.75, 3.05) is 26.7 Å². The monoisotopic (exact) mass is 382 g/mol. The first-order valence-corrected chi connectivity index (χ1v) is 5.33. The zero-order chi connectivity index (χ0) is 13.7. The maximum Gasteiger partial charge on any atom is 0.401 e. The van der Waals surface area contributed by atoms with E-state index in [4.69, 9.17) is 5.73 Å². The van der Waals surface area contributed by atoms with Gasteiger partial charge in [-0.3, -0.25) is 9.89 Å². The summed E-state index contributed by atoms with van der Waals surface area (Å²) in [5.41, 5.74) is 5.37. The quantitative estimate of drug-likeness (QED) is 0.443. The van der Waals surface area contributed by atoms with Crippen LogP contribution in [0.4, 0.5) is 13.2 Å². The van der Waals surface area contributed by atoms with Gasteiger partial charge in [-0.15, -0.1) is 24.0 Å². The third-order valence-corrected chi connectivity index (χ3v) is 1.72. The second-order valence-electron chi connectivity index (χ2n) is 4.99. The van der Waals surface area contributed by atoms with Gasteiger partial charge >= 0.3 is 6.18 Å². The van der Waals surface area contributed by atoms with Gasteiger partial charge in [0.05, 0.1) is 13.1 Å². The Balaban J connectivity index is 0. The third-order valence-electron chi connectivity index (χ3n) is 1.72. The highest BCUT2D eigenvalue weighted by molar-refractivity contribution is 14.0. The molecule has 0 aliphatic heterocycles. The van der Waals surface area contributed by atoms with Crippen LogP contribution in [0.2, 0.25) is 0 Å². The second-order valence-corrected chi connectivity index (χ2v) is 4.99. The molecule has 0 heterocycles. The molecule has 110 valence electrons. The molecule has 0 aliphatic carbocycles. The minimum absolute atomic E-state index is 0. The van der Waals surface area contributed by atoms with Gasteiger partial charge in [0.2, 0.25) is 0 Å². The van der Waals surface area contributed by atoms with E-state index in [1.165, 1.54) is 7.05 Å². The molecule has 4 nitrogen and oxygen atoms in total. The summed E-state index contributed by atoms with van der Waals surface area (Å²) in [4.78, 5) is 5.11. The molecule has 0 aromatic carbocycles. The van der Waals surface area contributed by atoms with Gasteiger partial charge in [-0.05, 0) is 27.8 Å². The summed E-state index contributed by atoms with van der Waals surface area (Å²) in [7, 11) is 1.40. The third kappa shape index (κ3) is 13.8. The molecule has 0 aromatic rings. The molecule has 0 rings (SSSR count). The van der Waals surface area contributed by atoms with Gasteiger partial charge < -0.3 is 11.1 Å². The Morgan fingerprint density at radius 3 is 2.17 bits per heavy atom. The molecular formula is C10H22F3IN4. The van der Waals surface area contributed by atoms with Crippen LogP contribution >= 0.6 is 24.0 Å². The van der Waals surface area contributed by atoms with Crippen LogP contribution in [0.5, 0.6) is 0 Å². The molecule has 0 aliphatic rings. The van der Waals surface area contributed by atoms with E-state index in [2.05, 4.69) is 10.3 Å². The van der Waals surface area contributed by atoms with E-state index in [-0.39, 0.29) is 48.6 Å². The van der Waals surface area contributed by atoms with Crippen molar-refractivity contribution in [2.45, 2.75) is 32.5 Å². The molecule has 3 N–H and O–H groups in total. The molecule has 8 heteroatoms. The Morgan fingerprint density at radius 1 is 1.28 bits per heavy atom. The number of hydrogen-bond donors (Lipinski definition) is 2. The molecule has 0 amide bonds. The van der Waals surface area contributed by atoms with Crippen molar-refractivity contribution in [3.8, 4) is 0 Å². The van der Waals surface area contributed by atoms with E-state index in [1.54, 1.807) is 0 Å². The number of halogens is 4. The highest BCUT2D eigenvalue weighted by Crippen LogP contribution is 2.15. The Labute approximate surface area is 123 Å². The summed E-state index contributed by atoms with van der Waals surface area (Å²) in [6.07, 6.45) is -4.17. The predicted molar refractivity (Wildman–Crippen MR) is 78.3 cm³/mol. The number of nitrogens with two attached hydrogens (primary N) is 1. The van der Waals surface area contributed by atoms with E-state index in [0.717, 1.165) is 4.90 Å². The van der Waals surface area contributed by atoms with Crippen molar-refractivity contribution in [1.82, 2.24) is 10.2 Å². The van der Waals surface area contributed by atoms with Crippen LogP contribution in [-0.4, -0.2) is 49.3 Å². The number of likely N-dealkylation sites (N-methyl/N-ethyl adjacent to an activating group) is 1. The maximum atomic E-state index is 12.0. The molecular weight excluding hydrogens is 360 g/mol. The van der Waals surface area contributed by atoms with Gasteiger partial charge in [0.15, 0.2) is 5.96 Å². The fraction of sp³-hybridized carbons (Fsp3) is 0.900. The van der Waals surface area contributed by atoms with Crippen LogP contribution in [0, 0.1) is 0 Å². The van der Waals surface area contributed by atoms with Crippen molar-refractivity contribution in [3.63, 3.8) is 0 Å². The SMILES string of the molecule is CN(CCN=C(N)NC(C)(C)C)CC(F)(F)F.I. The van der Waals surface area contributed by atoms with E-state index in [0.29, 0.717) is 0 Å². The summed E-state index contributed by atoms with van der Waals surface area (Å²) in [5.74, 6) is 0.248. The van der Waals surface area contributed by atoms with Crippen LogP contribution in [0.3, 0.4) is 0 Å². The molecule has 0 radical (unpaired) electrons. The average Bonchev–Trinajstić information content (AvgIpc) is 1.95. The molecule has 18 heavy (non-hydrogen) atoms. The van der Waals surface area contributed by atoms with Crippen molar-refractivity contribution in [1.29, 1.82) is 0 Å². The summed E-state index contributed by atoms with van der Waals surface area (Å²) in [5, 5.41) is 2.93. The van der Waals surface area contributed by atoms with Gasteiger partial charge in [-0.1, -0.05) is 0 Å². The number of nitrogens with one attached hydrogen (secondary N) is 1. The lowest BCUT2D eigenvalue weighted by atomic mass is 10.1. The van der Waals surface area contributed by atoms with Crippen LogP contribution in [0.15, 0.2) is 4.99 Å². The number of hydrogen-bond acceptors (Lipinski definition) is 2. The average molecular weight is 382 g/mol. The zero-order valence-corrected chi connectivity index (χ0v) is 13.5. The largest absolute Gasteiger partial charge is 0.401 e. The first-order valence-electron chi connectivity index (χ1n) is 5.33. The lowest BCUT2D eigenvalue weighted by Gasteiger charge is -2.21. The molecule has 0 atom stereocenters. The molecule has 0 aromatic heterocycles. The summed E-state index contributed by atoms with van der Waals surface area (Å²) in [6.45, 7) is 5.28. The molecule has 0 saturated heterocycles. The minimum atomic E-state index is -4.17. The first kappa shape index (κ1) is 20.1. The standard InChI is InChI=1S/C10H21F3N4.HI/c1-9(2,3)16-8(14)15-5-6-17(4)7-10(11,12)13;/h5-7H2,1-4H3,(H3,14,15,16);1H. The Morgan fingerprint density at radius 2 is 1.78 bits per heavy atom. The number of alkyl halides is 3. The highest BCUT2D eigenvalue weighted by Gasteiger charge is 2.28. The second kappa shape index (κ2) is 8.03. The first-order chi connectivity index (χ1) is 7.49. The van der Waals surface area contributed by atoms with Crippen LogP contribution in [0.25, 0.3) is 0 Å². The fourth-order valence-corrected chi connectivity index (χ4v) is 1.15. The molecule has 0 unspecified atom stereocenters. The topological polar surface area (TPSA) is 53.6 Å². The van der Waals surface area contributed by atoms with Crippen molar-refractivity contribution >= 4 is 29.9 Å².